The number of hydroxylamine groups is 1. The average molecular weight is 312 g/mol. The molecule has 3 nitrogen and oxygen atoms in total. The Morgan fingerprint density at radius 1 is 1.33 bits per heavy atom. The van der Waals surface area contributed by atoms with Gasteiger partial charge in [-0.25, -0.2) is 0 Å². The monoisotopic (exact) mass is 310 g/mol. The summed E-state index contributed by atoms with van der Waals surface area (Å²) in [6, 6.07) is 7.45. The van der Waals surface area contributed by atoms with Crippen LogP contribution in [0.25, 0.3) is 0 Å². The molecule has 6 heteroatoms. The van der Waals surface area contributed by atoms with Gasteiger partial charge in [0, 0.05) is 6.54 Å². The highest BCUT2D eigenvalue weighted by Crippen LogP contribution is 2.46. The Morgan fingerprint density at radius 2 is 1.94 bits per heavy atom. The van der Waals surface area contributed by atoms with Crippen LogP contribution in [0, 0.1) is 0 Å². The standard InChI is InChI=1S/C12H16Cl2N2O.ClH/c1-2-9-15(16(17)12(14)7-8-12)11-6-4-3-5-10(11)13;/h3-6,17H,2,7-9H2,1H3;1H. The largest absolute Gasteiger partial charge is 0.293 e. The molecule has 0 unspecified atom stereocenters. The molecule has 1 N–H and O–H groups in total. The van der Waals surface area contributed by atoms with Crippen LogP contribution in [0.15, 0.2) is 24.3 Å². The first-order chi connectivity index (χ1) is 8.08. The lowest BCUT2D eigenvalue weighted by atomic mass is 10.3. The molecule has 1 aliphatic rings. The zero-order valence-corrected chi connectivity index (χ0v) is 12.5. The van der Waals surface area contributed by atoms with E-state index in [2.05, 4.69) is 0 Å². The number of para-hydroxylation sites is 1. The van der Waals surface area contributed by atoms with Gasteiger partial charge in [-0.05, 0) is 31.4 Å². The molecule has 0 radical (unpaired) electrons. The lowest BCUT2D eigenvalue weighted by Crippen LogP contribution is -2.46. The maximum absolute atomic E-state index is 10.2. The zero-order chi connectivity index (χ0) is 12.5. The maximum atomic E-state index is 10.2. The average Bonchev–Trinajstić information content (AvgIpc) is 3.06. The van der Waals surface area contributed by atoms with E-state index in [1.807, 2.05) is 25.1 Å². The molecule has 0 saturated heterocycles. The van der Waals surface area contributed by atoms with Crippen molar-refractivity contribution in [1.29, 1.82) is 0 Å². The van der Waals surface area contributed by atoms with E-state index in [1.165, 1.54) is 0 Å². The molecule has 0 heterocycles. The van der Waals surface area contributed by atoms with Gasteiger partial charge in [-0.15, -0.1) is 12.4 Å². The van der Waals surface area contributed by atoms with E-state index in [1.54, 1.807) is 11.1 Å². The zero-order valence-electron chi connectivity index (χ0n) is 10.1. The van der Waals surface area contributed by atoms with E-state index in [9.17, 15) is 5.21 Å². The summed E-state index contributed by atoms with van der Waals surface area (Å²) in [4.78, 5) is -0.645. The highest BCUT2D eigenvalue weighted by atomic mass is 35.5. The summed E-state index contributed by atoms with van der Waals surface area (Å²) in [7, 11) is 0. The second-order valence-corrected chi connectivity index (χ2v) is 5.39. The fourth-order valence-electron chi connectivity index (χ4n) is 1.71. The quantitative estimate of drug-likeness (QED) is 0.498. The van der Waals surface area contributed by atoms with Crippen molar-refractivity contribution in [2.45, 2.75) is 31.2 Å². The van der Waals surface area contributed by atoms with Crippen molar-refractivity contribution < 1.29 is 5.21 Å². The minimum Gasteiger partial charge on any atom is -0.293 e. The number of rotatable bonds is 5. The topological polar surface area (TPSA) is 26.7 Å². The van der Waals surface area contributed by atoms with Crippen LogP contribution in [0.5, 0.6) is 0 Å². The molecule has 1 aromatic carbocycles. The molecular formula is C12H17Cl3N2O. The molecule has 2 rings (SSSR count). The van der Waals surface area contributed by atoms with E-state index in [0.29, 0.717) is 11.6 Å². The summed E-state index contributed by atoms with van der Waals surface area (Å²) < 4.78 is 0. The summed E-state index contributed by atoms with van der Waals surface area (Å²) in [5.74, 6) is 0. The summed E-state index contributed by atoms with van der Waals surface area (Å²) in [6.07, 6.45) is 2.47. The van der Waals surface area contributed by atoms with E-state index in [0.717, 1.165) is 30.1 Å². The van der Waals surface area contributed by atoms with E-state index >= 15 is 0 Å². The van der Waals surface area contributed by atoms with Crippen molar-refractivity contribution in [3.8, 4) is 0 Å². The molecule has 0 amide bonds. The third kappa shape index (κ3) is 3.22. The minimum absolute atomic E-state index is 0. The van der Waals surface area contributed by atoms with Gasteiger partial charge < -0.3 is 0 Å². The molecule has 1 aliphatic carbocycles. The fourth-order valence-corrected chi connectivity index (χ4v) is 2.13. The second kappa shape index (κ2) is 6.31. The van der Waals surface area contributed by atoms with Crippen molar-refractivity contribution >= 4 is 41.3 Å². The molecule has 0 aromatic heterocycles. The van der Waals surface area contributed by atoms with Crippen molar-refractivity contribution in [2.24, 2.45) is 0 Å². The first kappa shape index (κ1) is 15.9. The first-order valence-corrected chi connectivity index (χ1v) is 6.54. The molecule has 0 atom stereocenters. The molecule has 102 valence electrons. The highest BCUT2D eigenvalue weighted by molar-refractivity contribution is 6.33. The third-order valence-electron chi connectivity index (χ3n) is 2.82. The van der Waals surface area contributed by atoms with Crippen molar-refractivity contribution in [1.82, 2.24) is 5.17 Å². The SMILES string of the molecule is CCCN(c1ccccc1Cl)N(O)C1(Cl)CC1.Cl. The number of hydrazine groups is 1. The van der Waals surface area contributed by atoms with Crippen LogP contribution >= 0.6 is 35.6 Å². The number of benzene rings is 1. The van der Waals surface area contributed by atoms with Crippen LogP contribution in [0.3, 0.4) is 0 Å². The predicted molar refractivity (Wildman–Crippen MR) is 77.8 cm³/mol. The molecule has 0 bridgehead atoms. The highest BCUT2D eigenvalue weighted by Gasteiger charge is 2.49. The number of anilines is 1. The van der Waals surface area contributed by atoms with Crippen LogP contribution in [0.4, 0.5) is 5.69 Å². The molecule has 1 aromatic rings. The van der Waals surface area contributed by atoms with Crippen LogP contribution < -0.4 is 5.01 Å². The molecule has 0 spiro atoms. The first-order valence-electron chi connectivity index (χ1n) is 5.78. The van der Waals surface area contributed by atoms with Gasteiger partial charge in [-0.1, -0.05) is 47.4 Å². The lowest BCUT2D eigenvalue weighted by Gasteiger charge is -2.35. The molecular weight excluding hydrogens is 295 g/mol. The molecule has 1 fully saturated rings. The van der Waals surface area contributed by atoms with Crippen molar-refractivity contribution in [3.05, 3.63) is 29.3 Å². The predicted octanol–water partition coefficient (Wildman–Crippen LogP) is 4.31. The van der Waals surface area contributed by atoms with Gasteiger partial charge in [0.1, 0.15) is 5.00 Å². The second-order valence-electron chi connectivity index (χ2n) is 4.28. The summed E-state index contributed by atoms with van der Waals surface area (Å²) >= 11 is 12.4. The molecule has 18 heavy (non-hydrogen) atoms. The number of nitrogens with zero attached hydrogens (tertiary/aromatic N) is 2. The lowest BCUT2D eigenvalue weighted by molar-refractivity contribution is -0.124. The van der Waals surface area contributed by atoms with Gasteiger partial charge in [0.15, 0.2) is 0 Å². The summed E-state index contributed by atoms with van der Waals surface area (Å²) in [5.41, 5.74) is 0.783. The van der Waals surface area contributed by atoms with Crippen LogP contribution in [0.2, 0.25) is 5.02 Å². The number of hydrogen-bond acceptors (Lipinski definition) is 3. The Bertz CT molecular complexity index is 399. The van der Waals surface area contributed by atoms with Gasteiger partial charge in [-0.3, -0.25) is 10.2 Å². The van der Waals surface area contributed by atoms with Crippen molar-refractivity contribution in [3.63, 3.8) is 0 Å². The van der Waals surface area contributed by atoms with E-state index in [-0.39, 0.29) is 12.4 Å². The minimum atomic E-state index is -0.645. The van der Waals surface area contributed by atoms with E-state index < -0.39 is 5.00 Å². The fraction of sp³-hybridized carbons (Fsp3) is 0.500. The van der Waals surface area contributed by atoms with Crippen LogP contribution in [0.1, 0.15) is 26.2 Å². The Hall–Kier alpha value is -0.190. The van der Waals surface area contributed by atoms with Crippen molar-refractivity contribution in [2.75, 3.05) is 11.6 Å². The smallest absolute Gasteiger partial charge is 0.140 e. The summed E-state index contributed by atoms with van der Waals surface area (Å²) in [5, 5.41) is 13.7. The third-order valence-corrected chi connectivity index (χ3v) is 3.66. The summed E-state index contributed by atoms with van der Waals surface area (Å²) in [6.45, 7) is 2.72. The van der Waals surface area contributed by atoms with Crippen LogP contribution in [-0.2, 0) is 0 Å². The normalized spacial score (nSPS) is 16.3. The number of hydrogen-bond donors (Lipinski definition) is 1. The van der Waals surface area contributed by atoms with Crippen LogP contribution in [-0.4, -0.2) is 21.9 Å². The van der Waals surface area contributed by atoms with Gasteiger partial charge in [0.2, 0.25) is 0 Å². The number of halogens is 3. The Labute approximate surface area is 124 Å². The van der Waals surface area contributed by atoms with Gasteiger partial charge in [0.05, 0.1) is 10.7 Å². The molecule has 1 saturated carbocycles. The van der Waals surface area contributed by atoms with E-state index in [4.69, 9.17) is 23.2 Å². The Balaban J connectivity index is 0.00000162. The maximum Gasteiger partial charge on any atom is 0.140 e. The van der Waals surface area contributed by atoms with Gasteiger partial charge >= 0.3 is 0 Å². The number of alkyl halides is 1. The molecule has 0 aliphatic heterocycles. The van der Waals surface area contributed by atoms with Gasteiger partial charge in [-0.2, -0.15) is 0 Å². The Morgan fingerprint density at radius 3 is 2.44 bits per heavy atom. The Kier molecular flexibility index (Phi) is 5.56. The van der Waals surface area contributed by atoms with Gasteiger partial charge in [0.25, 0.3) is 0 Å².